The summed E-state index contributed by atoms with van der Waals surface area (Å²) >= 11 is 12.4. The van der Waals surface area contributed by atoms with Gasteiger partial charge in [-0.3, -0.25) is 4.98 Å². The van der Waals surface area contributed by atoms with Crippen LogP contribution in [0.1, 0.15) is 5.56 Å². The standard InChI is InChI=1S/C16H9Cl2N3/c17-12-5-3-6-13(18)16(12)21-15-10(8-19)9-20-14-7-2-1-4-11(14)15/h1-7,9H,(H,20,21). The minimum atomic E-state index is 0.435. The fourth-order valence-corrected chi connectivity index (χ4v) is 2.59. The zero-order valence-electron chi connectivity index (χ0n) is 10.8. The summed E-state index contributed by atoms with van der Waals surface area (Å²) in [5, 5.41) is 14.3. The van der Waals surface area contributed by atoms with Crippen molar-refractivity contribution in [2.45, 2.75) is 0 Å². The van der Waals surface area contributed by atoms with E-state index in [0.717, 1.165) is 10.9 Å². The van der Waals surface area contributed by atoms with Crippen molar-refractivity contribution in [3.63, 3.8) is 0 Å². The number of nitrogens with zero attached hydrogens (tertiary/aromatic N) is 2. The Bertz CT molecular complexity index is 849. The van der Waals surface area contributed by atoms with E-state index in [2.05, 4.69) is 16.4 Å². The van der Waals surface area contributed by atoms with Gasteiger partial charge in [0, 0.05) is 11.6 Å². The highest BCUT2D eigenvalue weighted by Gasteiger charge is 2.12. The van der Waals surface area contributed by atoms with E-state index < -0.39 is 0 Å². The number of anilines is 2. The molecule has 0 aliphatic carbocycles. The van der Waals surface area contributed by atoms with Crippen LogP contribution in [0.3, 0.4) is 0 Å². The Kier molecular flexibility index (Phi) is 3.66. The number of rotatable bonds is 2. The monoisotopic (exact) mass is 313 g/mol. The number of halogens is 2. The van der Waals surface area contributed by atoms with Crippen molar-refractivity contribution in [3.8, 4) is 6.07 Å². The average molecular weight is 314 g/mol. The molecule has 1 N–H and O–H groups in total. The molecule has 0 fully saturated rings. The fraction of sp³-hybridized carbons (Fsp3) is 0. The quantitative estimate of drug-likeness (QED) is 0.711. The second-order valence-corrected chi connectivity index (χ2v) is 5.21. The van der Waals surface area contributed by atoms with Gasteiger partial charge in [0.05, 0.1) is 32.5 Å². The molecule has 0 amide bonds. The third-order valence-electron chi connectivity index (χ3n) is 3.11. The number of hydrogen-bond acceptors (Lipinski definition) is 3. The predicted molar refractivity (Wildman–Crippen MR) is 86.2 cm³/mol. The third-order valence-corrected chi connectivity index (χ3v) is 3.74. The molecule has 1 aromatic heterocycles. The molecule has 102 valence electrons. The number of benzene rings is 2. The zero-order valence-corrected chi connectivity index (χ0v) is 12.3. The Morgan fingerprint density at radius 2 is 1.67 bits per heavy atom. The molecule has 0 aliphatic heterocycles. The molecule has 0 saturated heterocycles. The third kappa shape index (κ3) is 2.52. The van der Waals surface area contributed by atoms with Gasteiger partial charge in [0.25, 0.3) is 0 Å². The smallest absolute Gasteiger partial charge is 0.103 e. The molecule has 21 heavy (non-hydrogen) atoms. The molecule has 0 bridgehead atoms. The summed E-state index contributed by atoms with van der Waals surface area (Å²) in [6, 6.07) is 15.0. The molecule has 1 heterocycles. The molecular weight excluding hydrogens is 305 g/mol. The lowest BCUT2D eigenvalue weighted by molar-refractivity contribution is 1.36. The average Bonchev–Trinajstić information content (AvgIpc) is 2.51. The lowest BCUT2D eigenvalue weighted by Crippen LogP contribution is -1.98. The molecule has 3 nitrogen and oxygen atoms in total. The van der Waals surface area contributed by atoms with E-state index in [-0.39, 0.29) is 0 Å². The van der Waals surface area contributed by atoms with Crippen LogP contribution >= 0.6 is 23.2 Å². The Hall–Kier alpha value is -2.28. The van der Waals surface area contributed by atoms with E-state index in [1.54, 1.807) is 18.2 Å². The van der Waals surface area contributed by atoms with Gasteiger partial charge in [0.1, 0.15) is 6.07 Å². The van der Waals surface area contributed by atoms with Gasteiger partial charge < -0.3 is 5.32 Å². The largest absolute Gasteiger partial charge is 0.351 e. The van der Waals surface area contributed by atoms with Crippen molar-refractivity contribution in [1.82, 2.24) is 4.98 Å². The van der Waals surface area contributed by atoms with E-state index in [4.69, 9.17) is 23.2 Å². The number of fused-ring (bicyclic) bond motifs is 1. The van der Waals surface area contributed by atoms with Crippen molar-refractivity contribution in [2.75, 3.05) is 5.32 Å². The highest BCUT2D eigenvalue weighted by Crippen LogP contribution is 2.35. The fourth-order valence-electron chi connectivity index (χ4n) is 2.10. The van der Waals surface area contributed by atoms with Gasteiger partial charge in [-0.1, -0.05) is 47.5 Å². The zero-order chi connectivity index (χ0) is 14.8. The predicted octanol–water partition coefficient (Wildman–Crippen LogP) is 5.16. The molecular formula is C16H9Cl2N3. The molecule has 0 atom stereocenters. The van der Waals surface area contributed by atoms with E-state index in [1.165, 1.54) is 6.20 Å². The maximum absolute atomic E-state index is 9.30. The molecule has 0 aliphatic rings. The number of aromatic nitrogens is 1. The molecule has 3 aromatic rings. The van der Waals surface area contributed by atoms with Gasteiger partial charge in [0.2, 0.25) is 0 Å². The molecule has 3 rings (SSSR count). The van der Waals surface area contributed by atoms with Crippen LogP contribution in [0, 0.1) is 11.3 Å². The molecule has 0 radical (unpaired) electrons. The lowest BCUT2D eigenvalue weighted by Gasteiger charge is -2.13. The minimum Gasteiger partial charge on any atom is -0.351 e. The summed E-state index contributed by atoms with van der Waals surface area (Å²) in [6.45, 7) is 0. The summed E-state index contributed by atoms with van der Waals surface area (Å²) in [5.74, 6) is 0. The van der Waals surface area contributed by atoms with Crippen LogP contribution in [-0.2, 0) is 0 Å². The van der Waals surface area contributed by atoms with Crippen LogP contribution in [0.2, 0.25) is 10.0 Å². The topological polar surface area (TPSA) is 48.7 Å². The maximum Gasteiger partial charge on any atom is 0.103 e. The van der Waals surface area contributed by atoms with Gasteiger partial charge in [-0.15, -0.1) is 0 Å². The first kappa shape index (κ1) is 13.7. The molecule has 2 aromatic carbocycles. The van der Waals surface area contributed by atoms with Crippen LogP contribution in [0.15, 0.2) is 48.7 Å². The second kappa shape index (κ2) is 5.61. The van der Waals surface area contributed by atoms with Crippen molar-refractivity contribution in [1.29, 1.82) is 5.26 Å². The summed E-state index contributed by atoms with van der Waals surface area (Å²) in [6.07, 6.45) is 1.54. The van der Waals surface area contributed by atoms with Crippen LogP contribution in [-0.4, -0.2) is 4.98 Å². The van der Waals surface area contributed by atoms with Crippen molar-refractivity contribution in [3.05, 3.63) is 64.3 Å². The normalized spacial score (nSPS) is 10.3. The maximum atomic E-state index is 9.30. The molecule has 0 saturated carbocycles. The Labute approximate surface area is 131 Å². The molecule has 5 heteroatoms. The number of pyridine rings is 1. The summed E-state index contributed by atoms with van der Waals surface area (Å²) in [5.41, 5.74) is 2.46. The SMILES string of the molecule is N#Cc1cnc2ccccc2c1Nc1c(Cl)cccc1Cl. The van der Waals surface area contributed by atoms with Crippen molar-refractivity contribution >= 4 is 45.5 Å². The second-order valence-electron chi connectivity index (χ2n) is 4.40. The van der Waals surface area contributed by atoms with Gasteiger partial charge in [0.15, 0.2) is 0 Å². The van der Waals surface area contributed by atoms with Crippen molar-refractivity contribution < 1.29 is 0 Å². The van der Waals surface area contributed by atoms with Crippen LogP contribution < -0.4 is 5.32 Å². The van der Waals surface area contributed by atoms with Crippen molar-refractivity contribution in [2.24, 2.45) is 0 Å². The summed E-state index contributed by atoms with van der Waals surface area (Å²) in [7, 11) is 0. The molecule has 0 spiro atoms. The van der Waals surface area contributed by atoms with Gasteiger partial charge in [-0.2, -0.15) is 5.26 Å². The van der Waals surface area contributed by atoms with E-state index >= 15 is 0 Å². The summed E-state index contributed by atoms with van der Waals surface area (Å²) in [4.78, 5) is 4.27. The lowest BCUT2D eigenvalue weighted by atomic mass is 10.1. The number of hydrogen-bond donors (Lipinski definition) is 1. The number of nitriles is 1. The summed E-state index contributed by atoms with van der Waals surface area (Å²) < 4.78 is 0. The van der Waals surface area contributed by atoms with E-state index in [0.29, 0.717) is 27.0 Å². The number of nitrogens with one attached hydrogen (secondary N) is 1. The number of para-hydroxylation sites is 2. The highest BCUT2D eigenvalue weighted by molar-refractivity contribution is 6.39. The Morgan fingerprint density at radius 1 is 0.952 bits per heavy atom. The van der Waals surface area contributed by atoms with Gasteiger partial charge in [-0.05, 0) is 18.2 Å². The Balaban J connectivity index is 2.22. The van der Waals surface area contributed by atoms with Crippen LogP contribution in [0.4, 0.5) is 11.4 Å². The highest BCUT2D eigenvalue weighted by atomic mass is 35.5. The van der Waals surface area contributed by atoms with Crippen LogP contribution in [0.25, 0.3) is 10.9 Å². The Morgan fingerprint density at radius 3 is 2.38 bits per heavy atom. The van der Waals surface area contributed by atoms with E-state index in [9.17, 15) is 5.26 Å². The first-order valence-corrected chi connectivity index (χ1v) is 6.95. The first-order valence-electron chi connectivity index (χ1n) is 6.19. The molecule has 0 unspecified atom stereocenters. The minimum absolute atomic E-state index is 0.435. The first-order chi connectivity index (χ1) is 10.2. The van der Waals surface area contributed by atoms with Crippen LogP contribution in [0.5, 0.6) is 0 Å². The van der Waals surface area contributed by atoms with Gasteiger partial charge >= 0.3 is 0 Å². The van der Waals surface area contributed by atoms with E-state index in [1.807, 2.05) is 24.3 Å². The van der Waals surface area contributed by atoms with Gasteiger partial charge in [-0.25, -0.2) is 0 Å².